The first kappa shape index (κ1) is 11.0. The summed E-state index contributed by atoms with van der Waals surface area (Å²) in [5.41, 5.74) is 0.427. The first-order valence-corrected chi connectivity index (χ1v) is 4.81. The highest BCUT2D eigenvalue weighted by Gasteiger charge is 2.09. The molecule has 2 aromatic heterocycles. The van der Waals surface area contributed by atoms with E-state index in [1.165, 1.54) is 37.7 Å². The maximum atomic E-state index is 11.3. The van der Waals surface area contributed by atoms with Gasteiger partial charge in [0.15, 0.2) is 16.9 Å². The van der Waals surface area contributed by atoms with Crippen molar-refractivity contribution in [2.24, 2.45) is 0 Å². The second kappa shape index (κ2) is 4.56. The molecule has 0 aromatic carbocycles. The van der Waals surface area contributed by atoms with Crippen molar-refractivity contribution in [1.29, 1.82) is 0 Å². The Morgan fingerprint density at radius 1 is 1.41 bits per heavy atom. The molecule has 0 fully saturated rings. The quantitative estimate of drug-likeness (QED) is 0.766. The Hall–Kier alpha value is -2.50. The largest absolute Gasteiger partial charge is 0.464 e. The SMILES string of the molecule is COC(=O)c1ccnc(-c2cc(=O)cc[nH]2)n1. The van der Waals surface area contributed by atoms with E-state index in [2.05, 4.69) is 19.7 Å². The highest BCUT2D eigenvalue weighted by Crippen LogP contribution is 2.09. The van der Waals surface area contributed by atoms with Gasteiger partial charge in [0.2, 0.25) is 0 Å². The third kappa shape index (κ3) is 2.36. The molecular weight excluding hydrogens is 222 g/mol. The Morgan fingerprint density at radius 2 is 2.24 bits per heavy atom. The second-order valence-electron chi connectivity index (χ2n) is 3.20. The maximum absolute atomic E-state index is 11.3. The van der Waals surface area contributed by atoms with Gasteiger partial charge in [0.05, 0.1) is 12.8 Å². The van der Waals surface area contributed by atoms with Crippen molar-refractivity contribution >= 4 is 5.97 Å². The molecular formula is C11H9N3O3. The van der Waals surface area contributed by atoms with Gasteiger partial charge in [0.25, 0.3) is 0 Å². The van der Waals surface area contributed by atoms with Crippen molar-refractivity contribution in [3.05, 3.63) is 46.5 Å². The van der Waals surface area contributed by atoms with Gasteiger partial charge in [0, 0.05) is 24.5 Å². The van der Waals surface area contributed by atoms with Crippen LogP contribution in [0.3, 0.4) is 0 Å². The molecule has 86 valence electrons. The van der Waals surface area contributed by atoms with E-state index in [9.17, 15) is 9.59 Å². The predicted octanol–water partition coefficient (Wildman–Crippen LogP) is 0.618. The number of H-pyrrole nitrogens is 1. The molecule has 0 aliphatic rings. The van der Waals surface area contributed by atoms with Crippen LogP contribution in [0.4, 0.5) is 0 Å². The minimum absolute atomic E-state index is 0.141. The van der Waals surface area contributed by atoms with Crippen LogP contribution in [0.25, 0.3) is 11.5 Å². The van der Waals surface area contributed by atoms with E-state index in [1.54, 1.807) is 0 Å². The van der Waals surface area contributed by atoms with Crippen molar-refractivity contribution in [2.45, 2.75) is 0 Å². The van der Waals surface area contributed by atoms with E-state index in [4.69, 9.17) is 0 Å². The van der Waals surface area contributed by atoms with Crippen LogP contribution in [0.15, 0.2) is 35.4 Å². The molecule has 6 heteroatoms. The van der Waals surface area contributed by atoms with Crippen molar-refractivity contribution in [2.75, 3.05) is 7.11 Å². The Kier molecular flexibility index (Phi) is 2.95. The number of esters is 1. The number of carbonyl (C=O) groups excluding carboxylic acids is 1. The summed E-state index contributed by atoms with van der Waals surface area (Å²) in [7, 11) is 1.27. The standard InChI is InChI=1S/C11H9N3O3/c1-17-11(16)8-3-5-13-10(14-8)9-6-7(15)2-4-12-9/h2-6H,1H3,(H,12,15). The summed E-state index contributed by atoms with van der Waals surface area (Å²) in [5, 5.41) is 0. The van der Waals surface area contributed by atoms with Crippen LogP contribution in [0.1, 0.15) is 10.5 Å². The van der Waals surface area contributed by atoms with Crippen molar-refractivity contribution in [3.63, 3.8) is 0 Å². The zero-order chi connectivity index (χ0) is 12.3. The van der Waals surface area contributed by atoms with Crippen molar-refractivity contribution in [3.8, 4) is 11.5 Å². The summed E-state index contributed by atoms with van der Waals surface area (Å²) in [6.45, 7) is 0. The minimum Gasteiger partial charge on any atom is -0.464 e. The molecule has 0 bridgehead atoms. The number of pyridine rings is 1. The summed E-state index contributed by atoms with van der Waals surface area (Å²) in [6, 6.07) is 4.18. The molecule has 0 saturated heterocycles. The summed E-state index contributed by atoms with van der Waals surface area (Å²) >= 11 is 0. The third-order valence-corrected chi connectivity index (χ3v) is 2.06. The third-order valence-electron chi connectivity index (χ3n) is 2.06. The summed E-state index contributed by atoms with van der Waals surface area (Å²) < 4.78 is 4.55. The number of aromatic nitrogens is 3. The molecule has 1 N–H and O–H groups in total. The van der Waals surface area contributed by atoms with Gasteiger partial charge in [0.1, 0.15) is 0 Å². The van der Waals surface area contributed by atoms with Gasteiger partial charge < -0.3 is 9.72 Å². The average molecular weight is 231 g/mol. The topological polar surface area (TPSA) is 84.9 Å². The van der Waals surface area contributed by atoms with Crippen LogP contribution < -0.4 is 5.43 Å². The molecule has 6 nitrogen and oxygen atoms in total. The van der Waals surface area contributed by atoms with E-state index in [0.29, 0.717) is 5.69 Å². The smallest absolute Gasteiger partial charge is 0.356 e. The summed E-state index contributed by atoms with van der Waals surface area (Å²) in [4.78, 5) is 33.3. The molecule has 0 radical (unpaired) electrons. The van der Waals surface area contributed by atoms with E-state index in [0.717, 1.165) is 0 Å². The van der Waals surface area contributed by atoms with Crippen LogP contribution in [0.5, 0.6) is 0 Å². The van der Waals surface area contributed by atoms with Gasteiger partial charge in [-0.2, -0.15) is 0 Å². The molecule has 0 aliphatic heterocycles. The van der Waals surface area contributed by atoms with Crippen molar-refractivity contribution in [1.82, 2.24) is 15.0 Å². The predicted molar refractivity (Wildman–Crippen MR) is 59.4 cm³/mol. The molecule has 17 heavy (non-hydrogen) atoms. The molecule has 0 atom stereocenters. The zero-order valence-electron chi connectivity index (χ0n) is 9.01. The van der Waals surface area contributed by atoms with Crippen molar-refractivity contribution < 1.29 is 9.53 Å². The average Bonchev–Trinajstić information content (AvgIpc) is 2.38. The van der Waals surface area contributed by atoms with E-state index in [1.807, 2.05) is 0 Å². The number of methoxy groups -OCH3 is 1. The van der Waals surface area contributed by atoms with Crippen LogP contribution in [-0.4, -0.2) is 28.0 Å². The van der Waals surface area contributed by atoms with Gasteiger partial charge in [-0.05, 0) is 6.07 Å². The van der Waals surface area contributed by atoms with E-state index >= 15 is 0 Å². The lowest BCUT2D eigenvalue weighted by Crippen LogP contribution is -2.07. The fraction of sp³-hybridized carbons (Fsp3) is 0.0909. The first-order valence-electron chi connectivity index (χ1n) is 4.81. The maximum Gasteiger partial charge on any atom is 0.356 e. The molecule has 0 saturated carbocycles. The number of hydrogen-bond acceptors (Lipinski definition) is 5. The molecule has 0 spiro atoms. The van der Waals surface area contributed by atoms with Gasteiger partial charge in [-0.25, -0.2) is 14.8 Å². The molecule has 0 aliphatic carbocycles. The number of carbonyl (C=O) groups is 1. The highest BCUT2D eigenvalue weighted by molar-refractivity contribution is 5.87. The lowest BCUT2D eigenvalue weighted by atomic mass is 10.3. The van der Waals surface area contributed by atoms with E-state index < -0.39 is 5.97 Å². The molecule has 2 rings (SSSR count). The Bertz CT molecular complexity index is 607. The van der Waals surface area contributed by atoms with E-state index in [-0.39, 0.29) is 16.9 Å². The van der Waals surface area contributed by atoms with Gasteiger partial charge in [-0.1, -0.05) is 0 Å². The zero-order valence-corrected chi connectivity index (χ0v) is 9.01. The minimum atomic E-state index is -0.549. The first-order chi connectivity index (χ1) is 8.20. The Balaban J connectivity index is 2.46. The Labute approximate surface area is 96.3 Å². The summed E-state index contributed by atoms with van der Waals surface area (Å²) in [6.07, 6.45) is 2.92. The van der Waals surface area contributed by atoms with Gasteiger partial charge >= 0.3 is 5.97 Å². The summed E-state index contributed by atoms with van der Waals surface area (Å²) in [5.74, 6) is -0.280. The fourth-order valence-corrected chi connectivity index (χ4v) is 1.28. The monoisotopic (exact) mass is 231 g/mol. The molecule has 2 aromatic rings. The number of aromatic amines is 1. The normalized spacial score (nSPS) is 9.94. The second-order valence-corrected chi connectivity index (χ2v) is 3.20. The van der Waals surface area contributed by atoms with Gasteiger partial charge in [-0.15, -0.1) is 0 Å². The highest BCUT2D eigenvalue weighted by atomic mass is 16.5. The number of nitrogens with zero attached hydrogens (tertiary/aromatic N) is 2. The molecule has 0 unspecified atom stereocenters. The van der Waals surface area contributed by atoms with Crippen LogP contribution in [-0.2, 0) is 4.74 Å². The Morgan fingerprint density at radius 3 is 2.94 bits per heavy atom. The number of hydrogen-bond donors (Lipinski definition) is 1. The number of rotatable bonds is 2. The lowest BCUT2D eigenvalue weighted by molar-refractivity contribution is 0.0594. The van der Waals surface area contributed by atoms with Gasteiger partial charge in [-0.3, -0.25) is 4.79 Å². The van der Waals surface area contributed by atoms with Crippen LogP contribution in [0.2, 0.25) is 0 Å². The van der Waals surface area contributed by atoms with Crippen LogP contribution in [0, 0.1) is 0 Å². The fourth-order valence-electron chi connectivity index (χ4n) is 1.28. The lowest BCUT2D eigenvalue weighted by Gasteiger charge is -2.01. The molecule has 0 amide bonds. The molecule has 2 heterocycles. The number of ether oxygens (including phenoxy) is 1. The van der Waals surface area contributed by atoms with Crippen LogP contribution >= 0.6 is 0 Å². The number of nitrogens with one attached hydrogen (secondary N) is 1.